The number of fused-ring (bicyclic) bond motifs is 5. The molecule has 0 aliphatic carbocycles. The fourth-order valence-corrected chi connectivity index (χ4v) is 3.74. The molecule has 0 spiro atoms. The highest BCUT2D eigenvalue weighted by atomic mass is 16.5. The molecular formula is C21H19N5O2. The second kappa shape index (κ2) is 6.53. The lowest BCUT2D eigenvalue weighted by Gasteiger charge is -2.30. The molecule has 1 aliphatic rings. The van der Waals surface area contributed by atoms with Gasteiger partial charge in [0.2, 0.25) is 0 Å². The van der Waals surface area contributed by atoms with Crippen molar-refractivity contribution in [1.82, 2.24) is 19.4 Å². The van der Waals surface area contributed by atoms with Crippen LogP contribution >= 0.6 is 0 Å². The van der Waals surface area contributed by atoms with Gasteiger partial charge >= 0.3 is 0 Å². The van der Waals surface area contributed by atoms with Crippen LogP contribution in [0.25, 0.3) is 16.9 Å². The Balaban J connectivity index is 1.64. The van der Waals surface area contributed by atoms with E-state index in [1.54, 1.807) is 26.7 Å². The van der Waals surface area contributed by atoms with Crippen LogP contribution in [0, 0.1) is 0 Å². The molecular weight excluding hydrogens is 354 g/mol. The lowest BCUT2D eigenvalue weighted by atomic mass is 10.0. The van der Waals surface area contributed by atoms with Crippen molar-refractivity contribution in [3.05, 3.63) is 66.4 Å². The summed E-state index contributed by atoms with van der Waals surface area (Å²) in [6, 6.07) is 9.88. The first kappa shape index (κ1) is 16.6. The average molecular weight is 373 g/mol. The van der Waals surface area contributed by atoms with E-state index in [0.717, 1.165) is 46.3 Å². The van der Waals surface area contributed by atoms with Crippen molar-refractivity contribution in [2.75, 3.05) is 19.1 Å². The van der Waals surface area contributed by atoms with Crippen molar-refractivity contribution >= 4 is 11.5 Å². The molecule has 140 valence electrons. The number of methoxy groups -OCH3 is 2. The summed E-state index contributed by atoms with van der Waals surface area (Å²) < 4.78 is 13.0. The van der Waals surface area contributed by atoms with Crippen LogP contribution in [0.1, 0.15) is 11.1 Å². The summed E-state index contributed by atoms with van der Waals surface area (Å²) in [6.45, 7) is 1.42. The Bertz CT molecular complexity index is 1170. The maximum atomic E-state index is 5.60. The van der Waals surface area contributed by atoms with Crippen LogP contribution in [0.4, 0.5) is 5.82 Å². The van der Waals surface area contributed by atoms with Crippen molar-refractivity contribution in [2.24, 2.45) is 0 Å². The van der Waals surface area contributed by atoms with Crippen LogP contribution in [-0.2, 0) is 13.1 Å². The van der Waals surface area contributed by atoms with E-state index in [9.17, 15) is 0 Å². The highest BCUT2D eigenvalue weighted by Gasteiger charge is 2.28. The molecule has 0 fully saturated rings. The Hall–Kier alpha value is -3.61. The minimum atomic E-state index is 0.671. The molecule has 7 nitrogen and oxygen atoms in total. The summed E-state index contributed by atoms with van der Waals surface area (Å²) in [6.07, 6.45) is 7.28. The van der Waals surface area contributed by atoms with Gasteiger partial charge in [-0.15, -0.1) is 0 Å². The molecule has 4 aromatic rings. The van der Waals surface area contributed by atoms with Gasteiger partial charge in [0.05, 0.1) is 14.2 Å². The van der Waals surface area contributed by atoms with E-state index >= 15 is 0 Å². The summed E-state index contributed by atoms with van der Waals surface area (Å²) >= 11 is 0. The van der Waals surface area contributed by atoms with E-state index in [1.807, 2.05) is 41.1 Å². The van der Waals surface area contributed by atoms with E-state index in [4.69, 9.17) is 14.5 Å². The van der Waals surface area contributed by atoms with Gasteiger partial charge in [-0.2, -0.15) is 0 Å². The van der Waals surface area contributed by atoms with Gasteiger partial charge in [-0.25, -0.2) is 9.97 Å². The molecule has 0 bridgehead atoms. The molecule has 0 saturated heterocycles. The maximum absolute atomic E-state index is 5.60. The van der Waals surface area contributed by atoms with Crippen molar-refractivity contribution in [3.63, 3.8) is 0 Å². The number of anilines is 1. The number of hydrogen-bond acceptors (Lipinski definition) is 6. The average Bonchev–Trinajstić information content (AvgIpc) is 3.14. The molecule has 4 heterocycles. The summed E-state index contributed by atoms with van der Waals surface area (Å²) in [5.41, 5.74) is 5.13. The number of ether oxygens (including phenoxy) is 2. The largest absolute Gasteiger partial charge is 0.497 e. The van der Waals surface area contributed by atoms with Gasteiger partial charge in [0.1, 0.15) is 35.0 Å². The third kappa shape index (κ3) is 2.55. The number of aromatic nitrogens is 4. The molecule has 0 unspecified atom stereocenters. The summed E-state index contributed by atoms with van der Waals surface area (Å²) in [5, 5.41) is 0. The molecule has 5 rings (SSSR count). The van der Waals surface area contributed by atoms with Gasteiger partial charge in [0, 0.05) is 48.9 Å². The topological polar surface area (TPSA) is 64.8 Å². The number of hydrogen-bond donors (Lipinski definition) is 0. The number of imidazole rings is 1. The van der Waals surface area contributed by atoms with Crippen molar-refractivity contribution in [1.29, 1.82) is 0 Å². The molecule has 28 heavy (non-hydrogen) atoms. The van der Waals surface area contributed by atoms with Crippen LogP contribution < -0.4 is 14.4 Å². The van der Waals surface area contributed by atoms with Crippen LogP contribution in [-0.4, -0.2) is 33.6 Å². The van der Waals surface area contributed by atoms with Crippen molar-refractivity contribution < 1.29 is 9.47 Å². The molecule has 1 aliphatic heterocycles. The molecule has 0 N–H and O–H groups in total. The smallest absolute Gasteiger partial charge is 0.143 e. The van der Waals surface area contributed by atoms with Gasteiger partial charge in [-0.3, -0.25) is 9.38 Å². The highest BCUT2D eigenvalue weighted by Crippen LogP contribution is 2.40. The summed E-state index contributed by atoms with van der Waals surface area (Å²) in [5.74, 6) is 2.59. The zero-order chi connectivity index (χ0) is 19.1. The quantitative estimate of drug-likeness (QED) is 0.547. The maximum Gasteiger partial charge on any atom is 0.143 e. The SMILES string of the molecule is COc1ccc(CN2Cc3ccncc3-c3nc4ccncn4c32)c(OC)c1. The first-order valence-corrected chi connectivity index (χ1v) is 8.99. The number of nitrogens with zero attached hydrogens (tertiary/aromatic N) is 5. The van der Waals surface area contributed by atoms with Crippen LogP contribution in [0.5, 0.6) is 11.5 Å². The molecule has 3 aromatic heterocycles. The normalized spacial score (nSPS) is 12.6. The monoisotopic (exact) mass is 373 g/mol. The number of benzene rings is 1. The molecule has 7 heteroatoms. The molecule has 0 saturated carbocycles. The van der Waals surface area contributed by atoms with Gasteiger partial charge in [-0.05, 0) is 29.8 Å². The zero-order valence-electron chi connectivity index (χ0n) is 15.7. The van der Waals surface area contributed by atoms with Crippen LogP contribution in [0.15, 0.2) is 55.2 Å². The summed E-state index contributed by atoms with van der Waals surface area (Å²) in [7, 11) is 3.33. The highest BCUT2D eigenvalue weighted by molar-refractivity contribution is 5.81. The van der Waals surface area contributed by atoms with Crippen molar-refractivity contribution in [3.8, 4) is 22.8 Å². The Labute approximate surface area is 162 Å². The fourth-order valence-electron chi connectivity index (χ4n) is 3.74. The molecule has 0 atom stereocenters. The molecule has 0 amide bonds. The predicted molar refractivity (Wildman–Crippen MR) is 106 cm³/mol. The third-order valence-corrected chi connectivity index (χ3v) is 5.09. The standard InChI is InChI=1S/C21H19N5O2/c1-27-16-4-3-15(18(9-16)28-2)12-25-11-14-5-7-22-10-17(14)20-21(25)26-13-23-8-6-19(26)24-20/h3-10,13H,11-12H2,1-2H3. The Morgan fingerprint density at radius 3 is 2.79 bits per heavy atom. The number of rotatable bonds is 4. The third-order valence-electron chi connectivity index (χ3n) is 5.09. The first-order chi connectivity index (χ1) is 13.8. The molecule has 0 radical (unpaired) electrons. The van der Waals surface area contributed by atoms with Gasteiger partial charge in [0.25, 0.3) is 0 Å². The van der Waals surface area contributed by atoms with Gasteiger partial charge in [-0.1, -0.05) is 0 Å². The second-order valence-electron chi connectivity index (χ2n) is 6.66. The van der Waals surface area contributed by atoms with E-state index in [1.165, 1.54) is 5.56 Å². The minimum absolute atomic E-state index is 0.671. The van der Waals surface area contributed by atoms with E-state index in [2.05, 4.69) is 20.9 Å². The Morgan fingerprint density at radius 1 is 1.04 bits per heavy atom. The van der Waals surface area contributed by atoms with E-state index in [-0.39, 0.29) is 0 Å². The minimum Gasteiger partial charge on any atom is -0.497 e. The Kier molecular flexibility index (Phi) is 3.86. The molecule has 1 aromatic carbocycles. The lowest BCUT2D eigenvalue weighted by Crippen LogP contribution is -2.27. The van der Waals surface area contributed by atoms with Crippen LogP contribution in [0.2, 0.25) is 0 Å². The van der Waals surface area contributed by atoms with E-state index < -0.39 is 0 Å². The summed E-state index contributed by atoms with van der Waals surface area (Å²) in [4.78, 5) is 15.7. The number of pyridine rings is 1. The fraction of sp³-hybridized carbons (Fsp3) is 0.190. The Morgan fingerprint density at radius 2 is 1.93 bits per heavy atom. The second-order valence-corrected chi connectivity index (χ2v) is 6.66. The van der Waals surface area contributed by atoms with Crippen molar-refractivity contribution in [2.45, 2.75) is 13.1 Å². The van der Waals surface area contributed by atoms with Gasteiger partial charge < -0.3 is 14.4 Å². The first-order valence-electron chi connectivity index (χ1n) is 8.99. The van der Waals surface area contributed by atoms with Crippen LogP contribution in [0.3, 0.4) is 0 Å². The lowest BCUT2D eigenvalue weighted by molar-refractivity contribution is 0.390. The zero-order valence-corrected chi connectivity index (χ0v) is 15.7. The predicted octanol–water partition coefficient (Wildman–Crippen LogP) is 3.33. The van der Waals surface area contributed by atoms with E-state index in [0.29, 0.717) is 6.54 Å². The van der Waals surface area contributed by atoms with Gasteiger partial charge in [0.15, 0.2) is 0 Å².